The predicted molar refractivity (Wildman–Crippen MR) is 111 cm³/mol. The van der Waals surface area contributed by atoms with Crippen LogP contribution in [0.5, 0.6) is 0 Å². The first kappa shape index (κ1) is 21.2. The summed E-state index contributed by atoms with van der Waals surface area (Å²) in [6.07, 6.45) is 0. The summed E-state index contributed by atoms with van der Waals surface area (Å²) in [5.74, 6) is -0.277. The molecule has 1 aromatic carbocycles. The average Bonchev–Trinajstić information content (AvgIpc) is 3.14. The lowest BCUT2D eigenvalue weighted by Crippen LogP contribution is -2.35. The number of morpholine rings is 1. The van der Waals surface area contributed by atoms with E-state index >= 15 is 0 Å². The molecule has 29 heavy (non-hydrogen) atoms. The van der Waals surface area contributed by atoms with Gasteiger partial charge in [0.15, 0.2) is 0 Å². The molecule has 1 amide bonds. The molecule has 0 atom stereocenters. The van der Waals surface area contributed by atoms with Gasteiger partial charge in [0.05, 0.1) is 36.9 Å². The number of hydrogen-bond donors (Lipinski definition) is 0. The number of carbonyl (C=O) groups is 1. The fourth-order valence-electron chi connectivity index (χ4n) is 3.16. The first-order chi connectivity index (χ1) is 13.8. The van der Waals surface area contributed by atoms with E-state index in [1.807, 2.05) is 5.38 Å². The van der Waals surface area contributed by atoms with Crippen LogP contribution in [0, 0.1) is 10.1 Å². The van der Waals surface area contributed by atoms with E-state index in [9.17, 15) is 14.9 Å². The second-order valence-corrected chi connectivity index (χ2v) is 8.08. The molecule has 1 saturated heterocycles. The summed E-state index contributed by atoms with van der Waals surface area (Å²) in [6.45, 7) is 4.41. The maximum Gasteiger partial charge on any atom is 0.293 e. The molecule has 3 rings (SSSR count). The van der Waals surface area contributed by atoms with Gasteiger partial charge in [-0.1, -0.05) is 0 Å². The highest BCUT2D eigenvalue weighted by atomic mass is 32.1. The lowest BCUT2D eigenvalue weighted by atomic mass is 10.1. The number of hydrogen-bond acceptors (Lipinski definition) is 8. The molecule has 0 N–H and O–H groups in total. The van der Waals surface area contributed by atoms with Crippen LogP contribution in [0.15, 0.2) is 23.6 Å². The molecule has 9 nitrogen and oxygen atoms in total. The third kappa shape index (κ3) is 5.28. The van der Waals surface area contributed by atoms with Gasteiger partial charge < -0.3 is 14.5 Å². The number of ether oxygens (including phenoxy) is 1. The van der Waals surface area contributed by atoms with Crippen LogP contribution in [0.3, 0.4) is 0 Å². The van der Waals surface area contributed by atoms with Crippen LogP contribution in [0.1, 0.15) is 21.1 Å². The number of anilines is 1. The summed E-state index contributed by atoms with van der Waals surface area (Å²) >= 11 is 1.58. The molecule has 1 aromatic heterocycles. The topological polar surface area (TPSA) is 92.1 Å². The largest absolute Gasteiger partial charge is 0.379 e. The summed E-state index contributed by atoms with van der Waals surface area (Å²) in [5, 5.41) is 14.3. The van der Waals surface area contributed by atoms with Gasteiger partial charge in [-0.2, -0.15) is 0 Å². The van der Waals surface area contributed by atoms with E-state index in [2.05, 4.69) is 9.88 Å². The Balaban J connectivity index is 1.66. The van der Waals surface area contributed by atoms with E-state index in [-0.39, 0.29) is 17.2 Å². The number of benzene rings is 1. The van der Waals surface area contributed by atoms with Crippen LogP contribution in [0.25, 0.3) is 0 Å². The number of rotatable bonds is 7. The molecule has 0 aliphatic carbocycles. The average molecular weight is 420 g/mol. The van der Waals surface area contributed by atoms with Crippen LogP contribution < -0.4 is 4.90 Å². The zero-order valence-electron chi connectivity index (χ0n) is 16.8. The molecule has 1 fully saturated rings. The third-order valence-corrected chi connectivity index (χ3v) is 5.59. The minimum Gasteiger partial charge on any atom is -0.379 e. The fourth-order valence-corrected chi connectivity index (χ4v) is 3.99. The van der Waals surface area contributed by atoms with Crippen LogP contribution in [-0.2, 0) is 17.8 Å². The molecule has 1 aliphatic rings. The zero-order valence-corrected chi connectivity index (χ0v) is 17.6. The van der Waals surface area contributed by atoms with Gasteiger partial charge in [-0.3, -0.25) is 19.8 Å². The highest BCUT2D eigenvalue weighted by Crippen LogP contribution is 2.28. The number of thiazole rings is 1. The van der Waals surface area contributed by atoms with Gasteiger partial charge in [0.1, 0.15) is 10.7 Å². The Bertz CT molecular complexity index is 879. The van der Waals surface area contributed by atoms with E-state index in [0.29, 0.717) is 12.2 Å². The molecule has 0 saturated carbocycles. The predicted octanol–water partition coefficient (Wildman–Crippen LogP) is 2.22. The van der Waals surface area contributed by atoms with Gasteiger partial charge in [-0.25, -0.2) is 4.98 Å². The van der Waals surface area contributed by atoms with Crippen LogP contribution in [0.2, 0.25) is 0 Å². The van der Waals surface area contributed by atoms with Crippen molar-refractivity contribution in [1.82, 2.24) is 14.8 Å². The van der Waals surface area contributed by atoms with Crippen LogP contribution in [-0.4, -0.2) is 73.1 Å². The van der Waals surface area contributed by atoms with Crippen LogP contribution >= 0.6 is 11.3 Å². The molecule has 10 heteroatoms. The van der Waals surface area contributed by atoms with Crippen molar-refractivity contribution >= 4 is 28.6 Å². The molecule has 1 aliphatic heterocycles. The van der Waals surface area contributed by atoms with Crippen molar-refractivity contribution in [3.8, 4) is 0 Å². The monoisotopic (exact) mass is 419 g/mol. The highest BCUT2D eigenvalue weighted by Gasteiger charge is 2.21. The Kier molecular flexibility index (Phi) is 6.78. The van der Waals surface area contributed by atoms with Gasteiger partial charge in [0, 0.05) is 51.2 Å². The van der Waals surface area contributed by atoms with E-state index in [4.69, 9.17) is 4.74 Å². The van der Waals surface area contributed by atoms with Crippen molar-refractivity contribution in [1.29, 1.82) is 0 Å². The molecular weight excluding hydrogens is 394 g/mol. The minimum absolute atomic E-state index is 0.0873. The lowest BCUT2D eigenvalue weighted by Gasteiger charge is -2.25. The van der Waals surface area contributed by atoms with Crippen molar-refractivity contribution in [2.24, 2.45) is 0 Å². The number of carbonyl (C=O) groups excluding carboxylic acids is 1. The quantitative estimate of drug-likeness (QED) is 0.502. The number of amides is 1. The maximum absolute atomic E-state index is 12.8. The Morgan fingerprint density at radius 3 is 2.69 bits per heavy atom. The Labute approximate surface area is 173 Å². The van der Waals surface area contributed by atoms with Gasteiger partial charge in [0.2, 0.25) is 0 Å². The first-order valence-corrected chi connectivity index (χ1v) is 10.2. The third-order valence-electron chi connectivity index (χ3n) is 4.71. The molecule has 0 spiro atoms. The molecule has 0 bridgehead atoms. The lowest BCUT2D eigenvalue weighted by molar-refractivity contribution is -0.384. The standard InChI is InChI=1S/C19H25N5O4S/c1-21(2)16-5-4-14(10-17(16)24(26)27)19(25)22(3)11-15-13-29-18(20-15)12-23-6-8-28-9-7-23/h4-5,10,13H,6-9,11-12H2,1-3H3. The normalized spacial score (nSPS) is 14.6. The van der Waals surface area contributed by atoms with E-state index in [1.54, 1.807) is 49.5 Å². The second-order valence-electron chi connectivity index (χ2n) is 7.14. The Hall–Kier alpha value is -2.56. The van der Waals surface area contributed by atoms with Crippen molar-refractivity contribution in [3.63, 3.8) is 0 Å². The van der Waals surface area contributed by atoms with Gasteiger partial charge in [-0.15, -0.1) is 11.3 Å². The van der Waals surface area contributed by atoms with E-state index < -0.39 is 4.92 Å². The molecule has 2 aromatic rings. The summed E-state index contributed by atoms with van der Waals surface area (Å²) in [7, 11) is 5.13. The summed E-state index contributed by atoms with van der Waals surface area (Å²) in [6, 6.07) is 4.55. The van der Waals surface area contributed by atoms with Crippen molar-refractivity contribution in [3.05, 3.63) is 50.0 Å². The summed E-state index contributed by atoms with van der Waals surface area (Å²) in [5.41, 5.74) is 1.47. The van der Waals surface area contributed by atoms with Gasteiger partial charge in [-0.05, 0) is 12.1 Å². The van der Waals surface area contributed by atoms with Crippen molar-refractivity contribution in [2.45, 2.75) is 13.1 Å². The molecule has 0 radical (unpaired) electrons. The second kappa shape index (κ2) is 9.29. The number of aromatic nitrogens is 1. The zero-order chi connectivity index (χ0) is 21.0. The van der Waals surface area contributed by atoms with Gasteiger partial charge in [0.25, 0.3) is 11.6 Å². The van der Waals surface area contributed by atoms with E-state index in [0.717, 1.165) is 43.5 Å². The fraction of sp³-hybridized carbons (Fsp3) is 0.474. The minimum atomic E-state index is -0.468. The van der Waals surface area contributed by atoms with E-state index in [1.165, 1.54) is 11.0 Å². The van der Waals surface area contributed by atoms with Crippen LogP contribution in [0.4, 0.5) is 11.4 Å². The smallest absolute Gasteiger partial charge is 0.293 e. The number of nitro benzene ring substituents is 1. The summed E-state index contributed by atoms with van der Waals surface area (Å²) in [4.78, 5) is 33.8. The van der Waals surface area contributed by atoms with Crippen molar-refractivity contribution < 1.29 is 14.5 Å². The molecular formula is C19H25N5O4S. The SMILES string of the molecule is CN(Cc1csc(CN2CCOCC2)n1)C(=O)c1ccc(N(C)C)c([N+](=O)[O-])c1. The molecule has 2 heterocycles. The molecule has 156 valence electrons. The Morgan fingerprint density at radius 1 is 1.31 bits per heavy atom. The molecule has 0 unspecified atom stereocenters. The highest BCUT2D eigenvalue weighted by molar-refractivity contribution is 7.09. The summed E-state index contributed by atoms with van der Waals surface area (Å²) < 4.78 is 5.36. The number of nitro groups is 1. The van der Waals surface area contributed by atoms with Gasteiger partial charge >= 0.3 is 0 Å². The Morgan fingerprint density at radius 2 is 2.03 bits per heavy atom. The number of nitrogens with zero attached hydrogens (tertiary/aromatic N) is 5. The first-order valence-electron chi connectivity index (χ1n) is 9.29. The maximum atomic E-state index is 12.8. The van der Waals surface area contributed by atoms with Crippen molar-refractivity contribution in [2.75, 3.05) is 52.3 Å².